The van der Waals surface area contributed by atoms with Crippen molar-refractivity contribution in [3.63, 3.8) is 0 Å². The third-order valence-electron chi connectivity index (χ3n) is 5.28. The first-order chi connectivity index (χ1) is 13.3. The van der Waals surface area contributed by atoms with Crippen LogP contribution in [-0.2, 0) is 22.7 Å². The molecule has 0 saturated carbocycles. The maximum Gasteiger partial charge on any atom is 0.272 e. The minimum Gasteiger partial charge on any atom is -0.344 e. The molecule has 1 aliphatic rings. The monoisotopic (exact) mass is 397 g/mol. The Hall–Kier alpha value is -2.67. The highest BCUT2D eigenvalue weighted by Crippen LogP contribution is 2.25. The summed E-state index contributed by atoms with van der Waals surface area (Å²) in [6, 6.07) is 11.3. The second kappa shape index (κ2) is 7.05. The summed E-state index contributed by atoms with van der Waals surface area (Å²) in [5.74, 6) is -0.385. The summed E-state index contributed by atoms with van der Waals surface area (Å²) in [7, 11) is -3.56. The number of carbonyl (C=O) groups excluding carboxylic acids is 1. The van der Waals surface area contributed by atoms with Crippen LogP contribution in [0.25, 0.3) is 5.52 Å². The van der Waals surface area contributed by atoms with Gasteiger partial charge in [-0.1, -0.05) is 24.3 Å². The fraction of sp³-hybridized carbons (Fsp3) is 0.333. The lowest BCUT2D eigenvalue weighted by atomic mass is 9.89. The van der Waals surface area contributed by atoms with Crippen molar-refractivity contribution in [2.75, 3.05) is 6.26 Å². The molecule has 7 heteroatoms. The number of aryl methyl sites for hydroxylation is 2. The number of rotatable bonds is 4. The lowest BCUT2D eigenvalue weighted by Crippen LogP contribution is -2.27. The van der Waals surface area contributed by atoms with Crippen molar-refractivity contribution in [3.8, 4) is 0 Å². The summed E-state index contributed by atoms with van der Waals surface area (Å²) in [5, 5.41) is 2.84. The van der Waals surface area contributed by atoms with E-state index in [-0.39, 0.29) is 22.8 Å². The van der Waals surface area contributed by atoms with Crippen LogP contribution in [0, 0.1) is 0 Å². The van der Waals surface area contributed by atoms with Gasteiger partial charge in [0.1, 0.15) is 0 Å². The largest absolute Gasteiger partial charge is 0.344 e. The molecule has 28 heavy (non-hydrogen) atoms. The Labute approximate surface area is 164 Å². The van der Waals surface area contributed by atoms with Crippen molar-refractivity contribution in [2.45, 2.75) is 43.8 Å². The molecule has 1 amide bonds. The summed E-state index contributed by atoms with van der Waals surface area (Å²) in [5.41, 5.74) is 4.38. The first kappa shape index (κ1) is 18.7. The quantitative estimate of drug-likeness (QED) is 0.734. The predicted molar refractivity (Wildman–Crippen MR) is 107 cm³/mol. The molecule has 6 nitrogen and oxygen atoms in total. The Morgan fingerprint density at radius 3 is 2.64 bits per heavy atom. The van der Waals surface area contributed by atoms with Crippen LogP contribution in [0.1, 0.15) is 53.0 Å². The molecule has 0 fully saturated rings. The number of aromatic nitrogens is 2. The summed E-state index contributed by atoms with van der Waals surface area (Å²) in [6.07, 6.45) is 7.31. The van der Waals surface area contributed by atoms with E-state index in [1.807, 2.05) is 6.92 Å². The Kier molecular flexibility index (Phi) is 4.71. The molecule has 0 spiro atoms. The molecule has 2 aromatic heterocycles. The van der Waals surface area contributed by atoms with Crippen molar-refractivity contribution < 1.29 is 13.2 Å². The molecular formula is C21H23N3O3S. The minimum absolute atomic E-state index is 0.117. The first-order valence-corrected chi connectivity index (χ1v) is 11.3. The van der Waals surface area contributed by atoms with E-state index in [0.717, 1.165) is 24.7 Å². The van der Waals surface area contributed by atoms with Crippen LogP contribution in [0.4, 0.5) is 0 Å². The molecule has 2 heterocycles. The average molecular weight is 398 g/mol. The van der Waals surface area contributed by atoms with Crippen LogP contribution >= 0.6 is 0 Å². The number of nitrogens with one attached hydrogen (secondary N) is 1. The lowest BCUT2D eigenvalue weighted by molar-refractivity contribution is 0.0936. The molecule has 0 radical (unpaired) electrons. The number of carbonyl (C=O) groups is 1. The molecular weight excluding hydrogens is 374 g/mol. The van der Waals surface area contributed by atoms with Crippen molar-refractivity contribution in [2.24, 2.45) is 0 Å². The van der Waals surface area contributed by atoms with Gasteiger partial charge in [-0.15, -0.1) is 0 Å². The average Bonchev–Trinajstić information content (AvgIpc) is 3.08. The van der Waals surface area contributed by atoms with Gasteiger partial charge in [-0.05, 0) is 61.4 Å². The van der Waals surface area contributed by atoms with E-state index in [9.17, 15) is 13.2 Å². The third kappa shape index (κ3) is 3.42. The number of hydrogen-bond acceptors (Lipinski definition) is 4. The van der Waals surface area contributed by atoms with E-state index in [0.29, 0.717) is 5.52 Å². The van der Waals surface area contributed by atoms with Crippen LogP contribution in [0.15, 0.2) is 47.8 Å². The molecule has 146 valence electrons. The summed E-state index contributed by atoms with van der Waals surface area (Å²) < 4.78 is 25.5. The molecule has 1 atom stereocenters. The maximum absolute atomic E-state index is 12.9. The van der Waals surface area contributed by atoms with E-state index in [4.69, 9.17) is 0 Å². The van der Waals surface area contributed by atoms with Gasteiger partial charge in [-0.25, -0.2) is 13.4 Å². The van der Waals surface area contributed by atoms with Gasteiger partial charge in [0.05, 0.1) is 11.6 Å². The van der Waals surface area contributed by atoms with Crippen LogP contribution < -0.4 is 5.32 Å². The fourth-order valence-electron chi connectivity index (χ4n) is 3.81. The fourth-order valence-corrected chi connectivity index (χ4v) is 4.58. The first-order valence-electron chi connectivity index (χ1n) is 9.44. The van der Waals surface area contributed by atoms with Crippen molar-refractivity contribution >= 4 is 21.3 Å². The van der Waals surface area contributed by atoms with E-state index in [1.165, 1.54) is 28.4 Å². The second-order valence-electron chi connectivity index (χ2n) is 7.40. The Bertz CT molecular complexity index is 1160. The van der Waals surface area contributed by atoms with Gasteiger partial charge in [0, 0.05) is 12.5 Å². The van der Waals surface area contributed by atoms with Crippen molar-refractivity contribution in [1.82, 2.24) is 14.7 Å². The third-order valence-corrected chi connectivity index (χ3v) is 6.23. The number of sulfone groups is 1. The van der Waals surface area contributed by atoms with Gasteiger partial charge in [0.25, 0.3) is 5.91 Å². The number of benzene rings is 1. The second-order valence-corrected chi connectivity index (χ2v) is 9.31. The molecule has 0 aliphatic heterocycles. The summed E-state index contributed by atoms with van der Waals surface area (Å²) in [4.78, 5) is 17.0. The van der Waals surface area contributed by atoms with Crippen LogP contribution in [-0.4, -0.2) is 30.0 Å². The van der Waals surface area contributed by atoms with E-state index in [2.05, 4.69) is 28.5 Å². The predicted octanol–water partition coefficient (Wildman–Crippen LogP) is 3.11. The smallest absolute Gasteiger partial charge is 0.272 e. The summed E-state index contributed by atoms with van der Waals surface area (Å²) in [6.45, 7) is 1.93. The van der Waals surface area contributed by atoms with Crippen LogP contribution in [0.5, 0.6) is 0 Å². The zero-order valence-electron chi connectivity index (χ0n) is 16.0. The molecule has 0 bridgehead atoms. The molecule has 1 aromatic carbocycles. The number of amides is 1. The van der Waals surface area contributed by atoms with Gasteiger partial charge < -0.3 is 5.32 Å². The number of fused-ring (bicyclic) bond motifs is 2. The number of hydrogen-bond donors (Lipinski definition) is 1. The number of pyridine rings is 1. The highest BCUT2D eigenvalue weighted by Gasteiger charge is 2.24. The van der Waals surface area contributed by atoms with Crippen LogP contribution in [0.3, 0.4) is 0 Å². The minimum atomic E-state index is -3.56. The van der Waals surface area contributed by atoms with Crippen molar-refractivity contribution in [1.29, 1.82) is 0 Å². The molecule has 3 aromatic rings. The highest BCUT2D eigenvalue weighted by atomic mass is 32.2. The summed E-state index contributed by atoms with van der Waals surface area (Å²) >= 11 is 0. The van der Waals surface area contributed by atoms with Crippen molar-refractivity contribution in [3.05, 3.63) is 65.0 Å². The van der Waals surface area contributed by atoms with Gasteiger partial charge >= 0.3 is 0 Å². The zero-order valence-corrected chi connectivity index (χ0v) is 16.8. The SMILES string of the molecule is C[C@H](NC(=O)c1nc(S(C)(=O)=O)n2ccccc12)c1ccc2c(c1)CCCC2. The van der Waals surface area contributed by atoms with Gasteiger partial charge in [0.15, 0.2) is 5.69 Å². The van der Waals surface area contributed by atoms with Gasteiger partial charge in [0.2, 0.25) is 15.0 Å². The van der Waals surface area contributed by atoms with Gasteiger partial charge in [-0.3, -0.25) is 9.20 Å². The van der Waals surface area contributed by atoms with Crippen LogP contribution in [0.2, 0.25) is 0 Å². The topological polar surface area (TPSA) is 80.5 Å². The number of imidazole rings is 1. The van der Waals surface area contributed by atoms with E-state index >= 15 is 0 Å². The molecule has 0 unspecified atom stereocenters. The maximum atomic E-state index is 12.9. The lowest BCUT2D eigenvalue weighted by Gasteiger charge is -2.19. The Morgan fingerprint density at radius 2 is 1.89 bits per heavy atom. The zero-order chi connectivity index (χ0) is 19.9. The molecule has 0 saturated heterocycles. The highest BCUT2D eigenvalue weighted by molar-refractivity contribution is 7.90. The number of nitrogens with zero attached hydrogens (tertiary/aromatic N) is 2. The standard InChI is InChI=1S/C21H23N3O3S/c1-14(16-11-10-15-7-3-4-8-17(15)13-16)22-20(25)19-18-9-5-6-12-24(18)21(23-19)28(2,26)27/h5-6,9-14H,3-4,7-8H2,1-2H3,(H,22,25)/t14-/m0/s1. The molecule has 4 rings (SSSR count). The Balaban J connectivity index is 1.64. The van der Waals surface area contributed by atoms with E-state index < -0.39 is 9.84 Å². The normalized spacial score (nSPS) is 15.2. The van der Waals surface area contributed by atoms with Gasteiger partial charge in [-0.2, -0.15) is 0 Å². The molecule has 1 N–H and O–H groups in total. The Morgan fingerprint density at radius 1 is 1.14 bits per heavy atom. The molecule has 1 aliphatic carbocycles. The van der Waals surface area contributed by atoms with E-state index in [1.54, 1.807) is 24.4 Å².